The van der Waals surface area contributed by atoms with Crippen molar-refractivity contribution in [3.63, 3.8) is 0 Å². The van der Waals surface area contributed by atoms with Gasteiger partial charge in [-0.05, 0) is 68.5 Å². The average Bonchev–Trinajstić information content (AvgIpc) is 3.48. The van der Waals surface area contributed by atoms with Crippen molar-refractivity contribution in [3.8, 4) is 6.07 Å². The summed E-state index contributed by atoms with van der Waals surface area (Å²) in [6, 6.07) is 8.89. The average molecular weight is 828 g/mol. The molecule has 0 radical (unpaired) electrons. The minimum atomic E-state index is -4.65. The SMILES string of the molecule is C[C@H]1CN(C(=O)Nc2cnc(N3CCC(CN4CCN(c5ccc6c(c5)C(=O)N(C5CCC(=O)NC5=O)C6=O)CC4)CC3)nc2)CCN1c1ccc(C#N)c(C(F)(F)F)c1. The second-order valence-corrected chi connectivity index (χ2v) is 15.9. The van der Waals surface area contributed by atoms with Gasteiger partial charge in [0.05, 0.1) is 46.4 Å². The topological polar surface area (TPSA) is 178 Å². The molecular formula is C41H44F3N11O5. The second kappa shape index (κ2) is 16.4. The van der Waals surface area contributed by atoms with E-state index in [4.69, 9.17) is 5.26 Å². The Bertz CT molecular complexity index is 2230. The van der Waals surface area contributed by atoms with Crippen LogP contribution in [-0.2, 0) is 15.8 Å². The van der Waals surface area contributed by atoms with E-state index in [1.54, 1.807) is 40.4 Å². The van der Waals surface area contributed by atoms with Gasteiger partial charge < -0.3 is 24.9 Å². The molecule has 0 bridgehead atoms. The number of benzene rings is 2. The molecule has 6 heterocycles. The van der Waals surface area contributed by atoms with Crippen LogP contribution in [0.3, 0.4) is 0 Å². The van der Waals surface area contributed by atoms with Crippen LogP contribution < -0.4 is 25.3 Å². The molecule has 2 aromatic carbocycles. The number of halogens is 3. The predicted molar refractivity (Wildman–Crippen MR) is 212 cm³/mol. The van der Waals surface area contributed by atoms with Gasteiger partial charge in [-0.25, -0.2) is 14.8 Å². The molecule has 5 aliphatic heterocycles. The van der Waals surface area contributed by atoms with Gasteiger partial charge in [0.2, 0.25) is 17.8 Å². The number of urea groups is 1. The maximum atomic E-state index is 13.6. The van der Waals surface area contributed by atoms with E-state index in [-0.39, 0.29) is 49.1 Å². The summed E-state index contributed by atoms with van der Waals surface area (Å²) in [5, 5.41) is 14.2. The summed E-state index contributed by atoms with van der Waals surface area (Å²) in [7, 11) is 0. The number of nitriles is 1. The highest BCUT2D eigenvalue weighted by molar-refractivity contribution is 6.23. The molecule has 2 atom stereocenters. The van der Waals surface area contributed by atoms with E-state index in [1.165, 1.54) is 12.1 Å². The molecule has 2 N–H and O–H groups in total. The molecule has 314 valence electrons. The number of rotatable bonds is 7. The molecule has 16 nitrogen and oxygen atoms in total. The number of hydrogen-bond donors (Lipinski definition) is 2. The number of carbonyl (C=O) groups excluding carboxylic acids is 5. The van der Waals surface area contributed by atoms with Crippen LogP contribution in [0.25, 0.3) is 0 Å². The van der Waals surface area contributed by atoms with Gasteiger partial charge >= 0.3 is 12.2 Å². The zero-order valence-electron chi connectivity index (χ0n) is 33.0. The first-order chi connectivity index (χ1) is 28.8. The number of nitrogens with zero attached hydrogens (tertiary/aromatic N) is 9. The van der Waals surface area contributed by atoms with E-state index in [1.807, 2.05) is 13.0 Å². The summed E-state index contributed by atoms with van der Waals surface area (Å²) in [5.74, 6) is -0.985. The molecule has 0 aliphatic carbocycles. The summed E-state index contributed by atoms with van der Waals surface area (Å²) in [6.07, 6.45) is 0.616. The fraction of sp³-hybridized carbons (Fsp3) is 0.463. The van der Waals surface area contributed by atoms with Crippen molar-refractivity contribution in [1.29, 1.82) is 5.26 Å². The van der Waals surface area contributed by atoms with Crippen molar-refractivity contribution < 1.29 is 37.1 Å². The molecule has 4 saturated heterocycles. The van der Waals surface area contributed by atoms with Crippen LogP contribution in [0.15, 0.2) is 48.8 Å². The van der Waals surface area contributed by atoms with Crippen molar-refractivity contribution in [1.82, 2.24) is 30.0 Å². The van der Waals surface area contributed by atoms with Gasteiger partial charge in [0.25, 0.3) is 11.8 Å². The Labute approximate surface area is 343 Å². The van der Waals surface area contributed by atoms with Gasteiger partial charge in [0.15, 0.2) is 0 Å². The molecule has 6 amide bonds. The van der Waals surface area contributed by atoms with Crippen LogP contribution in [0.4, 0.5) is 41.0 Å². The Morgan fingerprint density at radius 2 is 1.57 bits per heavy atom. The molecule has 8 rings (SSSR count). The number of imide groups is 2. The quantitative estimate of drug-likeness (QED) is 0.332. The molecule has 4 fully saturated rings. The van der Waals surface area contributed by atoms with Crippen LogP contribution in [0.2, 0.25) is 0 Å². The van der Waals surface area contributed by atoms with Gasteiger partial charge in [0.1, 0.15) is 6.04 Å². The molecule has 19 heteroatoms. The lowest BCUT2D eigenvalue weighted by atomic mass is 9.96. The predicted octanol–water partition coefficient (Wildman–Crippen LogP) is 3.55. The highest BCUT2D eigenvalue weighted by atomic mass is 19.4. The lowest BCUT2D eigenvalue weighted by Gasteiger charge is -2.41. The van der Waals surface area contributed by atoms with Gasteiger partial charge in [-0.15, -0.1) is 0 Å². The number of aromatic nitrogens is 2. The summed E-state index contributed by atoms with van der Waals surface area (Å²) < 4.78 is 40.7. The first-order valence-electron chi connectivity index (χ1n) is 20.1. The minimum Gasteiger partial charge on any atom is -0.369 e. The largest absolute Gasteiger partial charge is 0.417 e. The van der Waals surface area contributed by atoms with E-state index in [2.05, 4.69) is 35.3 Å². The third-order valence-electron chi connectivity index (χ3n) is 12.1. The Kier molecular flexibility index (Phi) is 11.1. The Hall–Kier alpha value is -6.29. The number of hydrogen-bond acceptors (Lipinski definition) is 12. The minimum absolute atomic E-state index is 0.0716. The molecule has 60 heavy (non-hydrogen) atoms. The monoisotopic (exact) mass is 827 g/mol. The summed E-state index contributed by atoms with van der Waals surface area (Å²) in [6.45, 7) is 8.47. The highest BCUT2D eigenvalue weighted by Gasteiger charge is 2.45. The van der Waals surface area contributed by atoms with Crippen molar-refractivity contribution in [3.05, 3.63) is 71.0 Å². The van der Waals surface area contributed by atoms with Crippen LogP contribution in [0, 0.1) is 17.2 Å². The van der Waals surface area contributed by atoms with Crippen LogP contribution in [-0.4, -0.2) is 132 Å². The molecule has 1 aromatic heterocycles. The molecular weight excluding hydrogens is 784 g/mol. The lowest BCUT2D eigenvalue weighted by molar-refractivity contribution is -0.138. The Morgan fingerprint density at radius 3 is 2.23 bits per heavy atom. The zero-order chi connectivity index (χ0) is 42.3. The first kappa shape index (κ1) is 40.5. The van der Waals surface area contributed by atoms with E-state index >= 15 is 0 Å². The van der Waals surface area contributed by atoms with Crippen molar-refractivity contribution in [2.24, 2.45) is 5.92 Å². The summed E-state index contributed by atoms with van der Waals surface area (Å²) in [4.78, 5) is 83.8. The second-order valence-electron chi connectivity index (χ2n) is 15.9. The van der Waals surface area contributed by atoms with Crippen LogP contribution in [0.1, 0.15) is 64.4 Å². The van der Waals surface area contributed by atoms with Crippen molar-refractivity contribution >= 4 is 52.7 Å². The zero-order valence-corrected chi connectivity index (χ0v) is 33.0. The summed E-state index contributed by atoms with van der Waals surface area (Å²) >= 11 is 0. The normalized spacial score (nSPS) is 21.9. The molecule has 5 aliphatic rings. The fourth-order valence-electron chi connectivity index (χ4n) is 8.85. The molecule has 1 unspecified atom stereocenters. The van der Waals surface area contributed by atoms with Gasteiger partial charge in [-0.1, -0.05) is 0 Å². The Morgan fingerprint density at radius 1 is 0.867 bits per heavy atom. The van der Waals surface area contributed by atoms with E-state index in [0.717, 1.165) is 75.3 Å². The van der Waals surface area contributed by atoms with Crippen LogP contribution >= 0.6 is 0 Å². The van der Waals surface area contributed by atoms with E-state index < -0.39 is 47.0 Å². The maximum absolute atomic E-state index is 13.6. The van der Waals surface area contributed by atoms with Gasteiger partial charge in [-0.3, -0.25) is 34.3 Å². The highest BCUT2D eigenvalue weighted by Crippen LogP contribution is 2.36. The maximum Gasteiger partial charge on any atom is 0.417 e. The van der Waals surface area contributed by atoms with E-state index in [9.17, 15) is 37.1 Å². The lowest BCUT2D eigenvalue weighted by Crippen LogP contribution is -2.54. The number of alkyl halides is 3. The fourth-order valence-corrected chi connectivity index (χ4v) is 8.85. The number of anilines is 4. The van der Waals surface area contributed by atoms with Crippen LogP contribution in [0.5, 0.6) is 0 Å². The Balaban J connectivity index is 0.771. The number of piperazine rings is 2. The first-order valence-corrected chi connectivity index (χ1v) is 20.1. The number of nitrogens with one attached hydrogen (secondary N) is 2. The van der Waals surface area contributed by atoms with Crippen molar-refractivity contribution in [2.45, 2.75) is 50.9 Å². The van der Waals surface area contributed by atoms with Gasteiger partial charge in [0, 0.05) is 89.3 Å². The van der Waals surface area contributed by atoms with Crippen molar-refractivity contribution in [2.75, 3.05) is 85.5 Å². The molecule has 0 spiro atoms. The smallest absolute Gasteiger partial charge is 0.369 e. The third kappa shape index (κ3) is 8.15. The number of piperidine rings is 2. The summed E-state index contributed by atoms with van der Waals surface area (Å²) in [5.41, 5.74) is 0.763. The molecule has 0 saturated carbocycles. The van der Waals surface area contributed by atoms with E-state index in [0.29, 0.717) is 29.8 Å². The van der Waals surface area contributed by atoms with Gasteiger partial charge in [-0.2, -0.15) is 18.4 Å². The third-order valence-corrected chi connectivity index (χ3v) is 12.1. The molecule has 3 aromatic rings. The standard InChI is InChI=1S/C41H44F3N11O5/c1-25-23-53(16-17-54(25)30-3-2-27(20-45)33(19-30)41(42,43)44)40(60)48-28-21-46-39(47-22-28)52-10-8-26(9-11-52)24-50-12-14-51(15-13-50)29-4-5-31-32(18-29)38(59)55(37(31)58)34-6-7-35(56)49-36(34)57/h2-5,18-19,21-22,25-26,34H,6-17,23-24H2,1H3,(H,48,60)(H,49,56,57)/t25-,34?/m0/s1. The number of fused-ring (bicyclic) bond motifs is 1. The number of amides is 6. The number of carbonyl (C=O) groups is 5.